The van der Waals surface area contributed by atoms with Gasteiger partial charge in [-0.25, -0.2) is 9.78 Å². The van der Waals surface area contributed by atoms with Crippen molar-refractivity contribution in [2.75, 3.05) is 26.0 Å². The van der Waals surface area contributed by atoms with E-state index in [4.69, 9.17) is 4.74 Å². The third-order valence-electron chi connectivity index (χ3n) is 3.96. The summed E-state index contributed by atoms with van der Waals surface area (Å²) in [4.78, 5) is 45.0. The van der Waals surface area contributed by atoms with Gasteiger partial charge in [0.2, 0.25) is 5.91 Å². The molecule has 152 valence electrons. The maximum absolute atomic E-state index is 12.7. The molecular formula is C19H20N4O4S2. The summed E-state index contributed by atoms with van der Waals surface area (Å²) in [5.74, 6) is -0.540. The maximum atomic E-state index is 12.7. The van der Waals surface area contributed by atoms with Gasteiger partial charge in [0.05, 0.1) is 17.7 Å². The van der Waals surface area contributed by atoms with E-state index in [9.17, 15) is 14.4 Å². The number of imide groups is 1. The number of ether oxygens (including phenoxy) is 1. The highest BCUT2D eigenvalue weighted by Gasteiger charge is 2.17. The minimum atomic E-state index is -0.592. The Morgan fingerprint density at radius 3 is 2.76 bits per heavy atom. The van der Waals surface area contributed by atoms with Crippen LogP contribution in [0, 0.1) is 6.92 Å². The summed E-state index contributed by atoms with van der Waals surface area (Å²) in [5, 5.41) is 5.58. The van der Waals surface area contributed by atoms with E-state index in [-0.39, 0.29) is 11.3 Å². The molecule has 0 unspecified atom stereocenters. The van der Waals surface area contributed by atoms with Gasteiger partial charge in [-0.05, 0) is 12.5 Å². The number of carbonyl (C=O) groups excluding carboxylic acids is 2. The molecule has 0 aliphatic heterocycles. The molecule has 8 nitrogen and oxygen atoms in total. The van der Waals surface area contributed by atoms with E-state index >= 15 is 0 Å². The fourth-order valence-electron chi connectivity index (χ4n) is 2.73. The normalized spacial score (nSPS) is 10.8. The number of hydrogen-bond acceptors (Lipinski definition) is 7. The average Bonchev–Trinajstić information content (AvgIpc) is 3.03. The van der Waals surface area contributed by atoms with Crippen LogP contribution in [0.1, 0.15) is 4.88 Å². The van der Waals surface area contributed by atoms with E-state index in [1.807, 2.05) is 37.3 Å². The number of amides is 3. The standard InChI is InChI=1S/C19H20N4O4S2/c1-11-14(12-6-4-3-5-7-12)15-16(25)22-19(23-17(15)29-11)28-10-13(24)21-18(26)20-8-9-27-2/h3-7H,8-10H2,1-2H3,(H,22,23,25)(H2,20,21,24,26). The quantitative estimate of drug-likeness (QED) is 0.300. The smallest absolute Gasteiger partial charge is 0.321 e. The number of fused-ring (bicyclic) bond motifs is 1. The molecule has 0 saturated heterocycles. The van der Waals surface area contributed by atoms with E-state index in [0.29, 0.717) is 28.5 Å². The van der Waals surface area contributed by atoms with E-state index in [1.54, 1.807) is 0 Å². The predicted octanol–water partition coefficient (Wildman–Crippen LogP) is 2.52. The van der Waals surface area contributed by atoms with E-state index in [1.165, 1.54) is 18.4 Å². The van der Waals surface area contributed by atoms with Crippen LogP contribution in [-0.2, 0) is 9.53 Å². The molecule has 0 saturated carbocycles. The molecule has 0 bridgehead atoms. The highest BCUT2D eigenvalue weighted by molar-refractivity contribution is 7.99. The van der Waals surface area contributed by atoms with Crippen LogP contribution in [0.4, 0.5) is 4.79 Å². The Morgan fingerprint density at radius 1 is 1.28 bits per heavy atom. The van der Waals surface area contributed by atoms with Crippen LogP contribution in [-0.4, -0.2) is 47.9 Å². The van der Waals surface area contributed by atoms with Crippen LogP contribution >= 0.6 is 23.1 Å². The van der Waals surface area contributed by atoms with Crippen molar-refractivity contribution in [1.82, 2.24) is 20.6 Å². The van der Waals surface area contributed by atoms with Gasteiger partial charge in [0.1, 0.15) is 4.83 Å². The van der Waals surface area contributed by atoms with Gasteiger partial charge in [-0.3, -0.25) is 14.9 Å². The number of aryl methyl sites for hydroxylation is 1. The summed E-state index contributed by atoms with van der Waals surface area (Å²) >= 11 is 2.50. The molecule has 0 aliphatic rings. The summed E-state index contributed by atoms with van der Waals surface area (Å²) in [5.41, 5.74) is 1.59. The zero-order valence-corrected chi connectivity index (χ0v) is 17.5. The molecule has 0 radical (unpaired) electrons. The molecule has 10 heteroatoms. The van der Waals surface area contributed by atoms with Gasteiger partial charge in [0.25, 0.3) is 5.56 Å². The number of carbonyl (C=O) groups is 2. The fraction of sp³-hybridized carbons (Fsp3) is 0.263. The van der Waals surface area contributed by atoms with Crippen molar-refractivity contribution >= 4 is 45.3 Å². The van der Waals surface area contributed by atoms with Crippen molar-refractivity contribution in [3.05, 3.63) is 45.6 Å². The number of benzene rings is 1. The number of thiophene rings is 1. The first kappa shape index (κ1) is 21.0. The van der Waals surface area contributed by atoms with Gasteiger partial charge in [-0.1, -0.05) is 42.1 Å². The van der Waals surface area contributed by atoms with Crippen molar-refractivity contribution in [1.29, 1.82) is 0 Å². The number of aromatic amines is 1. The second-order valence-electron chi connectivity index (χ2n) is 6.04. The lowest BCUT2D eigenvalue weighted by atomic mass is 10.0. The van der Waals surface area contributed by atoms with E-state index in [2.05, 4.69) is 20.6 Å². The number of nitrogens with zero attached hydrogens (tertiary/aromatic N) is 1. The van der Waals surface area contributed by atoms with Gasteiger partial charge < -0.3 is 15.0 Å². The maximum Gasteiger partial charge on any atom is 0.321 e. The van der Waals surface area contributed by atoms with Crippen LogP contribution in [0.25, 0.3) is 21.3 Å². The van der Waals surface area contributed by atoms with Crippen molar-refractivity contribution < 1.29 is 14.3 Å². The molecule has 1 aromatic carbocycles. The van der Waals surface area contributed by atoms with Gasteiger partial charge in [0, 0.05) is 24.1 Å². The lowest BCUT2D eigenvalue weighted by Crippen LogP contribution is -2.41. The zero-order valence-electron chi connectivity index (χ0n) is 15.9. The second-order valence-corrected chi connectivity index (χ2v) is 8.20. The Labute approximate surface area is 175 Å². The number of H-pyrrole nitrogens is 1. The largest absolute Gasteiger partial charge is 0.383 e. The first-order valence-corrected chi connectivity index (χ1v) is 10.6. The van der Waals surface area contributed by atoms with Gasteiger partial charge >= 0.3 is 6.03 Å². The van der Waals surface area contributed by atoms with Crippen molar-refractivity contribution in [3.8, 4) is 11.1 Å². The number of nitrogens with one attached hydrogen (secondary N) is 3. The molecule has 2 heterocycles. The summed E-state index contributed by atoms with van der Waals surface area (Å²) in [7, 11) is 1.52. The van der Waals surface area contributed by atoms with Crippen LogP contribution < -0.4 is 16.2 Å². The molecule has 29 heavy (non-hydrogen) atoms. The number of methoxy groups -OCH3 is 1. The third-order valence-corrected chi connectivity index (χ3v) is 5.84. The molecule has 3 amide bonds. The van der Waals surface area contributed by atoms with Gasteiger partial charge in [-0.15, -0.1) is 11.3 Å². The summed E-state index contributed by atoms with van der Waals surface area (Å²) in [6.45, 7) is 2.61. The summed E-state index contributed by atoms with van der Waals surface area (Å²) in [6.07, 6.45) is 0. The molecular weight excluding hydrogens is 412 g/mol. The molecule has 3 N–H and O–H groups in total. The zero-order chi connectivity index (χ0) is 20.8. The minimum absolute atomic E-state index is 0.0535. The Bertz CT molecular complexity index is 1080. The predicted molar refractivity (Wildman–Crippen MR) is 115 cm³/mol. The Kier molecular flexibility index (Phi) is 7.02. The van der Waals surface area contributed by atoms with Crippen molar-refractivity contribution in [2.45, 2.75) is 12.1 Å². The number of aromatic nitrogens is 2. The van der Waals surface area contributed by atoms with Crippen molar-refractivity contribution in [3.63, 3.8) is 0 Å². The minimum Gasteiger partial charge on any atom is -0.383 e. The molecule has 2 aromatic heterocycles. The molecule has 3 rings (SSSR count). The van der Waals surface area contributed by atoms with Crippen LogP contribution in [0.15, 0.2) is 40.3 Å². The SMILES string of the molecule is COCCNC(=O)NC(=O)CSc1nc2sc(C)c(-c3ccccc3)c2c(=O)[nH]1. The molecule has 0 fully saturated rings. The average molecular weight is 433 g/mol. The van der Waals surface area contributed by atoms with Gasteiger partial charge in [0.15, 0.2) is 5.16 Å². The van der Waals surface area contributed by atoms with Gasteiger partial charge in [-0.2, -0.15) is 0 Å². The fourth-order valence-corrected chi connectivity index (χ4v) is 4.49. The molecule has 3 aromatic rings. The molecule has 0 spiro atoms. The first-order chi connectivity index (χ1) is 14.0. The number of urea groups is 1. The lowest BCUT2D eigenvalue weighted by molar-refractivity contribution is -0.117. The third kappa shape index (κ3) is 5.22. The lowest BCUT2D eigenvalue weighted by Gasteiger charge is -2.06. The topological polar surface area (TPSA) is 113 Å². The molecule has 0 aliphatic carbocycles. The van der Waals surface area contributed by atoms with Crippen molar-refractivity contribution in [2.24, 2.45) is 0 Å². The first-order valence-electron chi connectivity index (χ1n) is 8.78. The Morgan fingerprint density at radius 2 is 2.03 bits per heavy atom. The second kappa shape index (κ2) is 9.68. The van der Waals surface area contributed by atoms with E-state index in [0.717, 1.165) is 27.8 Å². The van der Waals surface area contributed by atoms with E-state index < -0.39 is 11.9 Å². The number of rotatable bonds is 7. The number of thioether (sulfide) groups is 1. The summed E-state index contributed by atoms with van der Waals surface area (Å²) in [6, 6.07) is 9.10. The number of hydrogen-bond donors (Lipinski definition) is 3. The highest BCUT2D eigenvalue weighted by Crippen LogP contribution is 2.35. The Hall–Kier alpha value is -2.69. The van der Waals surface area contributed by atoms with Crippen LogP contribution in [0.3, 0.4) is 0 Å². The summed E-state index contributed by atoms with van der Waals surface area (Å²) < 4.78 is 4.81. The Balaban J connectivity index is 1.71. The molecule has 0 atom stereocenters. The monoisotopic (exact) mass is 432 g/mol. The van der Waals surface area contributed by atoms with Crippen LogP contribution in [0.2, 0.25) is 0 Å². The highest BCUT2D eigenvalue weighted by atomic mass is 32.2. The van der Waals surface area contributed by atoms with Crippen LogP contribution in [0.5, 0.6) is 0 Å².